The fourth-order valence-corrected chi connectivity index (χ4v) is 2.14. The molecule has 0 saturated carbocycles. The van der Waals surface area contributed by atoms with E-state index >= 15 is 0 Å². The lowest BCUT2D eigenvalue weighted by Gasteiger charge is -2.20. The topological polar surface area (TPSA) is 79.5 Å². The van der Waals surface area contributed by atoms with Gasteiger partial charge in [0, 0.05) is 13.0 Å². The van der Waals surface area contributed by atoms with E-state index in [2.05, 4.69) is 15.0 Å². The summed E-state index contributed by atoms with van der Waals surface area (Å²) in [6, 6.07) is 0.0244. The summed E-state index contributed by atoms with van der Waals surface area (Å²) in [5, 5.41) is 12.8. The summed E-state index contributed by atoms with van der Waals surface area (Å²) in [6.45, 7) is 5.00. The summed E-state index contributed by atoms with van der Waals surface area (Å²) in [4.78, 5) is 17.1. The zero-order chi connectivity index (χ0) is 11.7. The van der Waals surface area contributed by atoms with Crippen LogP contribution in [0.3, 0.4) is 0 Å². The third-order valence-corrected chi connectivity index (χ3v) is 3.12. The zero-order valence-corrected chi connectivity index (χ0v) is 9.38. The van der Waals surface area contributed by atoms with Gasteiger partial charge >= 0.3 is 5.97 Å². The summed E-state index contributed by atoms with van der Waals surface area (Å²) in [6.07, 6.45) is 0.688. The maximum atomic E-state index is 10.9. The van der Waals surface area contributed by atoms with Crippen LogP contribution in [0, 0.1) is 12.8 Å². The van der Waals surface area contributed by atoms with Crippen molar-refractivity contribution < 1.29 is 14.4 Å². The third-order valence-electron chi connectivity index (χ3n) is 3.12. The summed E-state index contributed by atoms with van der Waals surface area (Å²) < 4.78 is 4.88. The fraction of sp³-hybridized carbons (Fsp3) is 0.700. The summed E-state index contributed by atoms with van der Waals surface area (Å²) >= 11 is 0. The molecule has 0 radical (unpaired) electrons. The molecule has 0 aromatic carbocycles. The van der Waals surface area contributed by atoms with E-state index in [1.807, 2.05) is 6.92 Å². The molecule has 88 valence electrons. The average molecular weight is 225 g/mol. The van der Waals surface area contributed by atoms with E-state index in [0.717, 1.165) is 6.54 Å². The summed E-state index contributed by atoms with van der Waals surface area (Å²) in [5.41, 5.74) is 0. The van der Waals surface area contributed by atoms with Crippen molar-refractivity contribution >= 4 is 5.97 Å². The summed E-state index contributed by atoms with van der Waals surface area (Å²) in [7, 11) is 0. The van der Waals surface area contributed by atoms with Crippen LogP contribution >= 0.6 is 0 Å². The van der Waals surface area contributed by atoms with Crippen LogP contribution in [0.15, 0.2) is 4.52 Å². The molecule has 1 fully saturated rings. The minimum absolute atomic E-state index is 0.0244. The predicted molar refractivity (Wildman–Crippen MR) is 54.6 cm³/mol. The number of aliphatic carboxylic acids is 1. The van der Waals surface area contributed by atoms with E-state index < -0.39 is 5.97 Å². The average Bonchev–Trinajstić information content (AvgIpc) is 2.76. The van der Waals surface area contributed by atoms with Crippen molar-refractivity contribution in [3.8, 4) is 0 Å². The highest BCUT2D eigenvalue weighted by Crippen LogP contribution is 2.25. The van der Waals surface area contributed by atoms with Crippen LogP contribution in [0.1, 0.15) is 25.1 Å². The molecule has 2 atom stereocenters. The number of aromatic nitrogens is 2. The van der Waals surface area contributed by atoms with Crippen molar-refractivity contribution in [1.82, 2.24) is 15.0 Å². The lowest BCUT2D eigenvalue weighted by Crippen LogP contribution is -2.32. The standard InChI is InChI=1S/C10H15N3O3/c1-6-8(10(14)15)3-4-13(6)5-9-11-7(2)16-12-9/h6,8H,3-5H2,1-2H3,(H,14,15). The Morgan fingerprint density at radius 3 is 2.94 bits per heavy atom. The number of carboxylic acids is 1. The number of likely N-dealkylation sites (tertiary alicyclic amines) is 1. The van der Waals surface area contributed by atoms with Crippen molar-refractivity contribution in [2.45, 2.75) is 32.9 Å². The molecule has 2 rings (SSSR count). The molecule has 0 aliphatic carbocycles. The van der Waals surface area contributed by atoms with Crippen molar-refractivity contribution in [1.29, 1.82) is 0 Å². The van der Waals surface area contributed by atoms with E-state index in [1.165, 1.54) is 0 Å². The Balaban J connectivity index is 2.00. The van der Waals surface area contributed by atoms with Crippen molar-refractivity contribution in [3.63, 3.8) is 0 Å². The Bertz CT molecular complexity index is 390. The van der Waals surface area contributed by atoms with Crippen LogP contribution in [0.4, 0.5) is 0 Å². The lowest BCUT2D eigenvalue weighted by atomic mass is 10.0. The maximum Gasteiger partial charge on any atom is 0.308 e. The first-order chi connectivity index (χ1) is 7.58. The van der Waals surface area contributed by atoms with E-state index in [4.69, 9.17) is 9.63 Å². The molecule has 6 heteroatoms. The first kappa shape index (κ1) is 11.1. The number of hydrogen-bond donors (Lipinski definition) is 1. The van der Waals surface area contributed by atoms with E-state index in [-0.39, 0.29) is 12.0 Å². The Morgan fingerprint density at radius 1 is 1.69 bits per heavy atom. The minimum Gasteiger partial charge on any atom is -0.481 e. The number of nitrogens with zero attached hydrogens (tertiary/aromatic N) is 3. The first-order valence-corrected chi connectivity index (χ1v) is 5.34. The van der Waals surface area contributed by atoms with Gasteiger partial charge in [-0.25, -0.2) is 0 Å². The third kappa shape index (κ3) is 2.06. The van der Waals surface area contributed by atoms with Crippen LogP contribution in [0.5, 0.6) is 0 Å². The number of aryl methyl sites for hydroxylation is 1. The molecule has 1 aromatic rings. The van der Waals surface area contributed by atoms with Gasteiger partial charge in [0.05, 0.1) is 12.5 Å². The van der Waals surface area contributed by atoms with E-state index in [0.29, 0.717) is 24.7 Å². The quantitative estimate of drug-likeness (QED) is 0.814. The van der Waals surface area contributed by atoms with Gasteiger partial charge in [-0.3, -0.25) is 9.69 Å². The molecule has 1 aliphatic heterocycles. The largest absolute Gasteiger partial charge is 0.481 e. The van der Waals surface area contributed by atoms with Gasteiger partial charge in [0.25, 0.3) is 0 Å². The van der Waals surface area contributed by atoms with Gasteiger partial charge in [0.2, 0.25) is 5.89 Å². The fourth-order valence-electron chi connectivity index (χ4n) is 2.14. The highest BCUT2D eigenvalue weighted by molar-refractivity contribution is 5.71. The molecular weight excluding hydrogens is 210 g/mol. The molecule has 6 nitrogen and oxygen atoms in total. The number of hydrogen-bond acceptors (Lipinski definition) is 5. The number of rotatable bonds is 3. The number of carboxylic acid groups (broad SMARTS) is 1. The van der Waals surface area contributed by atoms with E-state index in [9.17, 15) is 4.79 Å². The molecule has 0 spiro atoms. The van der Waals surface area contributed by atoms with Gasteiger partial charge in [-0.1, -0.05) is 5.16 Å². The highest BCUT2D eigenvalue weighted by Gasteiger charge is 2.35. The van der Waals surface area contributed by atoms with Crippen LogP contribution in [0.25, 0.3) is 0 Å². The van der Waals surface area contributed by atoms with Crippen molar-refractivity contribution in [3.05, 3.63) is 11.7 Å². The first-order valence-electron chi connectivity index (χ1n) is 5.34. The second-order valence-electron chi connectivity index (χ2n) is 4.17. The molecule has 1 aliphatic rings. The van der Waals surface area contributed by atoms with Gasteiger partial charge < -0.3 is 9.63 Å². The molecule has 1 saturated heterocycles. The minimum atomic E-state index is -0.723. The Hall–Kier alpha value is -1.43. The second kappa shape index (κ2) is 4.21. The monoisotopic (exact) mass is 225 g/mol. The van der Waals surface area contributed by atoms with Gasteiger partial charge in [-0.2, -0.15) is 4.98 Å². The van der Waals surface area contributed by atoms with Gasteiger partial charge in [0.15, 0.2) is 5.82 Å². The highest BCUT2D eigenvalue weighted by atomic mass is 16.5. The smallest absolute Gasteiger partial charge is 0.308 e. The van der Waals surface area contributed by atoms with Crippen LogP contribution < -0.4 is 0 Å². The van der Waals surface area contributed by atoms with Crippen LogP contribution in [-0.4, -0.2) is 38.7 Å². The molecule has 2 heterocycles. The van der Waals surface area contributed by atoms with Crippen LogP contribution in [-0.2, 0) is 11.3 Å². The van der Waals surface area contributed by atoms with Gasteiger partial charge in [-0.05, 0) is 19.9 Å². The van der Waals surface area contributed by atoms with Crippen molar-refractivity contribution in [2.75, 3.05) is 6.54 Å². The Labute approximate surface area is 93.2 Å². The Morgan fingerprint density at radius 2 is 2.44 bits per heavy atom. The molecule has 1 N–H and O–H groups in total. The van der Waals surface area contributed by atoms with E-state index in [1.54, 1.807) is 6.92 Å². The molecule has 1 aromatic heterocycles. The molecule has 0 amide bonds. The molecule has 16 heavy (non-hydrogen) atoms. The normalized spacial score (nSPS) is 26.1. The zero-order valence-electron chi connectivity index (χ0n) is 9.38. The number of carbonyl (C=O) groups is 1. The summed E-state index contributed by atoms with van der Waals surface area (Å²) in [5.74, 6) is 0.152. The predicted octanol–water partition coefficient (Wildman–Crippen LogP) is 0.673. The molecule has 0 bridgehead atoms. The molecule has 2 unspecified atom stereocenters. The van der Waals surface area contributed by atoms with Crippen molar-refractivity contribution in [2.24, 2.45) is 5.92 Å². The maximum absolute atomic E-state index is 10.9. The van der Waals surface area contributed by atoms with Crippen LogP contribution in [0.2, 0.25) is 0 Å². The molecular formula is C10H15N3O3. The SMILES string of the molecule is Cc1nc(CN2CCC(C(=O)O)C2C)no1. The van der Waals surface area contributed by atoms with Gasteiger partial charge in [0.1, 0.15) is 0 Å². The van der Waals surface area contributed by atoms with Gasteiger partial charge in [-0.15, -0.1) is 0 Å². The lowest BCUT2D eigenvalue weighted by molar-refractivity contribution is -0.142. The second-order valence-corrected chi connectivity index (χ2v) is 4.17. The Kier molecular flexibility index (Phi) is 2.91.